The van der Waals surface area contributed by atoms with Gasteiger partial charge in [-0.05, 0) is 56.2 Å². The Morgan fingerprint density at radius 2 is 1.93 bits per heavy atom. The molecule has 1 aromatic carbocycles. The minimum atomic E-state index is 0. The third-order valence-electron chi connectivity index (χ3n) is 4.79. The number of rotatable bonds is 5. The number of ether oxygens (including phenoxy) is 1. The third-order valence-corrected chi connectivity index (χ3v) is 5.89. The SMILES string of the molecule is Cc1ccc(C(CN=C(N)Nc2ccc(C)c(C)c2)N2CCOCC2)s1.I. The van der Waals surface area contributed by atoms with E-state index in [-0.39, 0.29) is 30.0 Å². The first kappa shape index (κ1) is 22.1. The van der Waals surface area contributed by atoms with Crippen LogP contribution in [0.5, 0.6) is 0 Å². The van der Waals surface area contributed by atoms with E-state index in [9.17, 15) is 0 Å². The van der Waals surface area contributed by atoms with Crippen LogP contribution in [-0.4, -0.2) is 43.7 Å². The minimum absolute atomic E-state index is 0. The number of hydrogen-bond acceptors (Lipinski definition) is 4. The van der Waals surface area contributed by atoms with Crippen molar-refractivity contribution in [2.75, 3.05) is 38.2 Å². The van der Waals surface area contributed by atoms with Gasteiger partial charge in [0.25, 0.3) is 0 Å². The summed E-state index contributed by atoms with van der Waals surface area (Å²) in [5.41, 5.74) is 9.64. The quantitative estimate of drug-likeness (QED) is 0.369. The number of thiophene rings is 1. The van der Waals surface area contributed by atoms with E-state index in [0.29, 0.717) is 12.5 Å². The zero-order valence-electron chi connectivity index (χ0n) is 16.2. The van der Waals surface area contributed by atoms with Crippen molar-refractivity contribution in [1.82, 2.24) is 4.90 Å². The molecule has 148 valence electrons. The number of hydrogen-bond donors (Lipinski definition) is 2. The van der Waals surface area contributed by atoms with Gasteiger partial charge in [-0.2, -0.15) is 0 Å². The summed E-state index contributed by atoms with van der Waals surface area (Å²) in [6.45, 7) is 10.4. The molecule has 0 spiro atoms. The number of nitrogens with zero attached hydrogens (tertiary/aromatic N) is 2. The lowest BCUT2D eigenvalue weighted by atomic mass is 10.1. The van der Waals surface area contributed by atoms with Crippen molar-refractivity contribution in [2.24, 2.45) is 10.7 Å². The molecule has 3 N–H and O–H groups in total. The van der Waals surface area contributed by atoms with Crippen LogP contribution in [0.3, 0.4) is 0 Å². The monoisotopic (exact) mass is 500 g/mol. The molecule has 0 bridgehead atoms. The summed E-state index contributed by atoms with van der Waals surface area (Å²) in [5, 5.41) is 3.21. The van der Waals surface area contributed by atoms with E-state index in [1.807, 2.05) is 17.4 Å². The fourth-order valence-corrected chi connectivity index (χ4v) is 4.10. The van der Waals surface area contributed by atoms with Crippen LogP contribution in [0.1, 0.15) is 26.9 Å². The number of halogens is 1. The van der Waals surface area contributed by atoms with Crippen LogP contribution >= 0.6 is 35.3 Å². The Morgan fingerprint density at radius 1 is 1.19 bits per heavy atom. The summed E-state index contributed by atoms with van der Waals surface area (Å²) < 4.78 is 5.51. The second kappa shape index (κ2) is 10.4. The van der Waals surface area contributed by atoms with Gasteiger partial charge in [-0.15, -0.1) is 35.3 Å². The highest BCUT2D eigenvalue weighted by Gasteiger charge is 2.23. The average Bonchev–Trinajstić information content (AvgIpc) is 3.05. The zero-order valence-corrected chi connectivity index (χ0v) is 19.3. The fourth-order valence-electron chi connectivity index (χ4n) is 3.10. The maximum Gasteiger partial charge on any atom is 0.193 e. The van der Waals surface area contributed by atoms with Crippen molar-refractivity contribution in [3.05, 3.63) is 51.2 Å². The molecule has 1 fully saturated rings. The summed E-state index contributed by atoms with van der Waals surface area (Å²) in [6, 6.07) is 10.9. The van der Waals surface area contributed by atoms with Crippen molar-refractivity contribution >= 4 is 47.0 Å². The number of guanidine groups is 1. The molecule has 1 aliphatic heterocycles. The number of aryl methyl sites for hydroxylation is 3. The first-order chi connectivity index (χ1) is 12.5. The first-order valence-corrected chi connectivity index (χ1v) is 9.87. The van der Waals surface area contributed by atoms with Crippen molar-refractivity contribution in [3.8, 4) is 0 Å². The number of anilines is 1. The van der Waals surface area contributed by atoms with Gasteiger partial charge in [-0.3, -0.25) is 9.89 Å². The second-order valence-electron chi connectivity index (χ2n) is 6.76. The topological polar surface area (TPSA) is 62.9 Å². The Bertz CT molecular complexity index is 771. The summed E-state index contributed by atoms with van der Waals surface area (Å²) in [4.78, 5) is 9.75. The van der Waals surface area contributed by atoms with Gasteiger partial charge in [0.1, 0.15) is 0 Å². The number of benzene rings is 1. The average molecular weight is 500 g/mol. The van der Waals surface area contributed by atoms with Crippen LogP contribution in [0, 0.1) is 20.8 Å². The third kappa shape index (κ3) is 6.17. The molecule has 1 aliphatic rings. The van der Waals surface area contributed by atoms with Crippen molar-refractivity contribution in [2.45, 2.75) is 26.8 Å². The van der Waals surface area contributed by atoms with Gasteiger partial charge in [0, 0.05) is 28.5 Å². The van der Waals surface area contributed by atoms with Gasteiger partial charge in [0.05, 0.1) is 25.8 Å². The van der Waals surface area contributed by atoms with Crippen LogP contribution in [0.15, 0.2) is 35.3 Å². The van der Waals surface area contributed by atoms with Crippen molar-refractivity contribution < 1.29 is 4.74 Å². The molecular weight excluding hydrogens is 471 g/mol. The maximum absolute atomic E-state index is 6.15. The Kier molecular flexibility index (Phi) is 8.53. The van der Waals surface area contributed by atoms with Gasteiger partial charge in [-0.1, -0.05) is 6.07 Å². The number of nitrogens with one attached hydrogen (secondary N) is 1. The number of nitrogens with two attached hydrogens (primary N) is 1. The molecule has 1 saturated heterocycles. The van der Waals surface area contributed by atoms with Crippen molar-refractivity contribution in [1.29, 1.82) is 0 Å². The van der Waals surface area contributed by atoms with Crippen LogP contribution in [-0.2, 0) is 4.74 Å². The highest BCUT2D eigenvalue weighted by molar-refractivity contribution is 14.0. The van der Waals surface area contributed by atoms with E-state index in [0.717, 1.165) is 32.0 Å². The largest absolute Gasteiger partial charge is 0.379 e. The summed E-state index contributed by atoms with van der Waals surface area (Å²) >= 11 is 1.84. The zero-order chi connectivity index (χ0) is 18.5. The summed E-state index contributed by atoms with van der Waals surface area (Å²) in [5.74, 6) is 0.458. The smallest absolute Gasteiger partial charge is 0.193 e. The van der Waals surface area contributed by atoms with Gasteiger partial charge < -0.3 is 15.8 Å². The minimum Gasteiger partial charge on any atom is -0.379 e. The Morgan fingerprint density at radius 3 is 2.56 bits per heavy atom. The predicted octanol–water partition coefficient (Wildman–Crippen LogP) is 4.09. The molecule has 2 aromatic rings. The molecular formula is C20H29IN4OS. The molecule has 2 heterocycles. The molecule has 0 saturated carbocycles. The molecule has 0 amide bonds. The van der Waals surface area contributed by atoms with E-state index in [1.165, 1.54) is 20.9 Å². The molecule has 1 unspecified atom stereocenters. The van der Waals surface area contributed by atoms with Gasteiger partial charge in [-0.25, -0.2) is 0 Å². The molecule has 1 atom stereocenters. The Hall–Kier alpha value is -1.16. The highest BCUT2D eigenvalue weighted by Crippen LogP contribution is 2.28. The van der Waals surface area contributed by atoms with E-state index in [1.54, 1.807) is 0 Å². The van der Waals surface area contributed by atoms with Crippen LogP contribution in [0.2, 0.25) is 0 Å². The van der Waals surface area contributed by atoms with Gasteiger partial charge in [0.2, 0.25) is 0 Å². The van der Waals surface area contributed by atoms with Crippen LogP contribution in [0.4, 0.5) is 5.69 Å². The van der Waals surface area contributed by atoms with Gasteiger partial charge in [0.15, 0.2) is 5.96 Å². The van der Waals surface area contributed by atoms with E-state index >= 15 is 0 Å². The number of aliphatic imine (C=N–C) groups is 1. The number of morpholine rings is 1. The first-order valence-electron chi connectivity index (χ1n) is 9.05. The normalized spacial score (nSPS) is 16.6. The predicted molar refractivity (Wildman–Crippen MR) is 126 cm³/mol. The molecule has 5 nitrogen and oxygen atoms in total. The molecule has 0 radical (unpaired) electrons. The molecule has 3 rings (SSSR count). The second-order valence-corrected chi connectivity index (χ2v) is 8.08. The van der Waals surface area contributed by atoms with Gasteiger partial charge >= 0.3 is 0 Å². The van der Waals surface area contributed by atoms with E-state index < -0.39 is 0 Å². The standard InChI is InChI=1S/C20H28N4OS.HI/c1-14-4-6-17(12-15(14)2)23-20(21)22-13-18(19-7-5-16(3)26-19)24-8-10-25-11-9-24;/h4-7,12,18H,8-11,13H2,1-3H3,(H3,21,22,23);1H. The van der Waals surface area contributed by atoms with Crippen LogP contribution < -0.4 is 11.1 Å². The molecule has 0 aliphatic carbocycles. The lowest BCUT2D eigenvalue weighted by molar-refractivity contribution is 0.0187. The van der Waals surface area contributed by atoms with Crippen molar-refractivity contribution in [3.63, 3.8) is 0 Å². The lowest BCUT2D eigenvalue weighted by Gasteiger charge is -2.33. The molecule has 27 heavy (non-hydrogen) atoms. The van der Waals surface area contributed by atoms with E-state index in [4.69, 9.17) is 10.5 Å². The Balaban J connectivity index is 0.00000261. The molecule has 1 aromatic heterocycles. The summed E-state index contributed by atoms with van der Waals surface area (Å²) in [7, 11) is 0. The Labute approximate surface area is 183 Å². The van der Waals surface area contributed by atoms with E-state index in [2.05, 4.69) is 60.2 Å². The lowest BCUT2D eigenvalue weighted by Crippen LogP contribution is -2.40. The highest BCUT2D eigenvalue weighted by atomic mass is 127. The fraction of sp³-hybridized carbons (Fsp3) is 0.450. The summed E-state index contributed by atoms with van der Waals surface area (Å²) in [6.07, 6.45) is 0. The maximum atomic E-state index is 6.15. The van der Waals surface area contributed by atoms with Crippen LogP contribution in [0.25, 0.3) is 0 Å². The molecule has 7 heteroatoms.